The number of benzene rings is 1. The first-order valence-corrected chi connectivity index (χ1v) is 11.2. The first-order chi connectivity index (χ1) is 13.3. The molecule has 0 radical (unpaired) electrons. The van der Waals surface area contributed by atoms with Gasteiger partial charge in [0.05, 0.1) is 24.3 Å². The molecule has 0 aromatic heterocycles. The number of carbonyl (C=O) groups is 3. The predicted molar refractivity (Wildman–Crippen MR) is 112 cm³/mol. The average Bonchev–Trinajstić information content (AvgIpc) is 2.67. The Balaban J connectivity index is 3.25. The number of carboxylic acids is 1. The summed E-state index contributed by atoms with van der Waals surface area (Å²) < 4.78 is 10.1. The number of esters is 2. The number of ether oxygens (including phenoxy) is 2. The van der Waals surface area contributed by atoms with Crippen molar-refractivity contribution in [3.05, 3.63) is 34.9 Å². The monoisotopic (exact) mass is 429 g/mol. The number of aliphatic carboxylic acids is 1. The second kappa shape index (κ2) is 12.7. The van der Waals surface area contributed by atoms with Crippen LogP contribution in [-0.4, -0.2) is 59.5 Å². The normalized spacial score (nSPS) is 12.9. The zero-order chi connectivity index (χ0) is 21.1. The first-order valence-electron chi connectivity index (χ1n) is 9.00. The molecule has 9 heteroatoms. The molecule has 7 nitrogen and oxygen atoms in total. The highest BCUT2D eigenvalue weighted by Crippen LogP contribution is 2.34. The largest absolute Gasteiger partial charge is 0.480 e. The second-order valence-electron chi connectivity index (χ2n) is 5.71. The van der Waals surface area contributed by atoms with Crippen molar-refractivity contribution in [1.82, 2.24) is 0 Å². The van der Waals surface area contributed by atoms with Crippen LogP contribution < -0.4 is 5.73 Å². The van der Waals surface area contributed by atoms with Crippen LogP contribution in [0.1, 0.15) is 52.3 Å². The summed E-state index contributed by atoms with van der Waals surface area (Å²) in [5.41, 5.74) is 6.89. The lowest BCUT2D eigenvalue weighted by Gasteiger charge is -2.19. The molecule has 1 aromatic carbocycles. The van der Waals surface area contributed by atoms with Crippen LogP contribution in [0.3, 0.4) is 0 Å². The molecule has 0 saturated carbocycles. The van der Waals surface area contributed by atoms with E-state index in [9.17, 15) is 14.4 Å². The smallest absolute Gasteiger partial charge is 0.338 e. The number of rotatable bonds is 12. The summed E-state index contributed by atoms with van der Waals surface area (Å²) in [6, 6.07) is 3.83. The van der Waals surface area contributed by atoms with Crippen molar-refractivity contribution in [3.63, 3.8) is 0 Å². The van der Waals surface area contributed by atoms with Crippen LogP contribution in [0.15, 0.2) is 18.2 Å². The Morgan fingerprint density at radius 1 is 1.00 bits per heavy atom. The summed E-state index contributed by atoms with van der Waals surface area (Å²) in [5.74, 6) is -0.343. The van der Waals surface area contributed by atoms with Crippen molar-refractivity contribution in [2.75, 3.05) is 30.5 Å². The summed E-state index contributed by atoms with van der Waals surface area (Å²) in [6.45, 7) is 5.87. The van der Waals surface area contributed by atoms with Crippen molar-refractivity contribution in [1.29, 1.82) is 0 Å². The van der Waals surface area contributed by atoms with Gasteiger partial charge in [0, 0.05) is 16.8 Å². The number of hydrogen-bond acceptors (Lipinski definition) is 8. The molecule has 3 N–H and O–H groups in total. The zero-order valence-electron chi connectivity index (χ0n) is 16.3. The summed E-state index contributed by atoms with van der Waals surface area (Å²) in [5, 5.41) is 8.89. The maximum atomic E-state index is 12.2. The third kappa shape index (κ3) is 7.73. The van der Waals surface area contributed by atoms with Crippen LogP contribution >= 0.6 is 23.5 Å². The fraction of sp³-hybridized carbons (Fsp3) is 0.526. The van der Waals surface area contributed by atoms with Gasteiger partial charge in [-0.05, 0) is 43.4 Å². The predicted octanol–water partition coefficient (Wildman–Crippen LogP) is 2.98. The van der Waals surface area contributed by atoms with Crippen molar-refractivity contribution in [2.45, 2.75) is 32.1 Å². The van der Waals surface area contributed by atoms with E-state index in [0.717, 1.165) is 11.3 Å². The van der Waals surface area contributed by atoms with Gasteiger partial charge in [0.15, 0.2) is 0 Å². The molecule has 0 spiro atoms. The van der Waals surface area contributed by atoms with Gasteiger partial charge in [-0.2, -0.15) is 23.5 Å². The zero-order valence-corrected chi connectivity index (χ0v) is 17.9. The average molecular weight is 430 g/mol. The lowest BCUT2D eigenvalue weighted by molar-refractivity contribution is -0.137. The molecule has 0 saturated heterocycles. The van der Waals surface area contributed by atoms with Crippen LogP contribution in [0.25, 0.3) is 0 Å². The van der Waals surface area contributed by atoms with E-state index in [-0.39, 0.29) is 35.3 Å². The van der Waals surface area contributed by atoms with Gasteiger partial charge in [-0.25, -0.2) is 9.59 Å². The summed E-state index contributed by atoms with van der Waals surface area (Å²) >= 11 is 3.07. The SMILES string of the molecule is CCOC(=O)c1cc(C(=O)OCC)cc(C(CSCC)SC[C@H](N)C(=O)O)c1. The Kier molecular flexibility index (Phi) is 11.0. The Labute approximate surface area is 173 Å². The van der Waals surface area contributed by atoms with Gasteiger partial charge >= 0.3 is 17.9 Å². The Morgan fingerprint density at radius 2 is 1.54 bits per heavy atom. The molecule has 0 aliphatic rings. The lowest BCUT2D eigenvalue weighted by Crippen LogP contribution is -2.32. The van der Waals surface area contributed by atoms with E-state index in [1.807, 2.05) is 6.92 Å². The van der Waals surface area contributed by atoms with E-state index in [1.165, 1.54) is 17.8 Å². The molecule has 0 amide bonds. The molecule has 2 atom stereocenters. The summed E-state index contributed by atoms with van der Waals surface area (Å²) in [7, 11) is 0. The molecular formula is C19H27NO6S2. The maximum absolute atomic E-state index is 12.2. The van der Waals surface area contributed by atoms with Gasteiger partial charge in [-0.3, -0.25) is 4.79 Å². The summed E-state index contributed by atoms with van der Waals surface area (Å²) in [6.07, 6.45) is 0. The highest BCUT2D eigenvalue weighted by atomic mass is 32.2. The van der Waals surface area contributed by atoms with E-state index >= 15 is 0 Å². The van der Waals surface area contributed by atoms with Crippen LogP contribution in [-0.2, 0) is 14.3 Å². The van der Waals surface area contributed by atoms with Gasteiger partial charge in [0.25, 0.3) is 0 Å². The maximum Gasteiger partial charge on any atom is 0.338 e. The van der Waals surface area contributed by atoms with Crippen LogP contribution in [0.5, 0.6) is 0 Å². The minimum atomic E-state index is -1.07. The quantitative estimate of drug-likeness (QED) is 0.484. The Morgan fingerprint density at radius 3 is 1.96 bits per heavy atom. The van der Waals surface area contributed by atoms with Gasteiger partial charge in [0.2, 0.25) is 0 Å². The number of hydrogen-bond donors (Lipinski definition) is 2. The van der Waals surface area contributed by atoms with E-state index in [0.29, 0.717) is 5.75 Å². The van der Waals surface area contributed by atoms with Crippen LogP contribution in [0.4, 0.5) is 0 Å². The van der Waals surface area contributed by atoms with Gasteiger partial charge in [-0.1, -0.05) is 6.92 Å². The second-order valence-corrected chi connectivity index (χ2v) is 8.27. The molecule has 0 heterocycles. The molecule has 0 aliphatic carbocycles. The van der Waals surface area contributed by atoms with E-state index in [2.05, 4.69) is 0 Å². The number of carbonyl (C=O) groups excluding carboxylic acids is 2. The molecule has 28 heavy (non-hydrogen) atoms. The van der Waals surface area contributed by atoms with Gasteiger partial charge < -0.3 is 20.3 Å². The molecule has 0 fully saturated rings. The highest BCUT2D eigenvalue weighted by molar-refractivity contribution is 8.03. The standard InChI is InChI=1S/C19H27NO6S2/c1-4-25-18(23)13-7-12(8-14(9-13)19(24)26-5-2)16(11-27-6-3)28-10-15(20)17(21)22/h7-9,15-16H,4-6,10-11,20H2,1-3H3,(H,21,22)/t15-,16?/m0/s1. The number of thioether (sulfide) groups is 2. The highest BCUT2D eigenvalue weighted by Gasteiger charge is 2.22. The molecule has 1 unspecified atom stereocenters. The van der Waals surface area contributed by atoms with Crippen LogP contribution in [0.2, 0.25) is 0 Å². The van der Waals surface area contributed by atoms with E-state index in [4.69, 9.17) is 20.3 Å². The van der Waals surface area contributed by atoms with Gasteiger partial charge in [0.1, 0.15) is 6.04 Å². The molecule has 1 rings (SSSR count). The summed E-state index contributed by atoms with van der Waals surface area (Å²) in [4.78, 5) is 35.5. The third-order valence-corrected chi connectivity index (χ3v) is 6.20. The Hall–Kier alpha value is -1.71. The van der Waals surface area contributed by atoms with Crippen molar-refractivity contribution >= 4 is 41.4 Å². The van der Waals surface area contributed by atoms with Crippen molar-refractivity contribution < 1.29 is 29.0 Å². The number of carboxylic acid groups (broad SMARTS) is 1. The van der Waals surface area contributed by atoms with E-state index in [1.54, 1.807) is 37.7 Å². The minimum absolute atomic E-state index is 0.141. The molecule has 1 aromatic rings. The molecule has 156 valence electrons. The molecular weight excluding hydrogens is 402 g/mol. The molecule has 0 aliphatic heterocycles. The molecule has 0 bridgehead atoms. The van der Waals surface area contributed by atoms with Crippen molar-refractivity contribution in [3.8, 4) is 0 Å². The van der Waals surface area contributed by atoms with Crippen molar-refractivity contribution in [2.24, 2.45) is 5.73 Å². The van der Waals surface area contributed by atoms with Crippen LogP contribution in [0, 0.1) is 0 Å². The van der Waals surface area contributed by atoms with E-state index < -0.39 is 23.9 Å². The number of nitrogens with two attached hydrogens (primary N) is 1. The Bertz CT molecular complexity index is 646. The lowest BCUT2D eigenvalue weighted by atomic mass is 10.0. The van der Waals surface area contributed by atoms with Gasteiger partial charge in [-0.15, -0.1) is 0 Å². The minimum Gasteiger partial charge on any atom is -0.480 e. The fourth-order valence-corrected chi connectivity index (χ4v) is 4.49. The fourth-order valence-electron chi connectivity index (χ4n) is 2.26. The first kappa shape index (κ1) is 24.3. The topological polar surface area (TPSA) is 116 Å². The third-order valence-electron chi connectivity index (χ3n) is 3.62.